The number of esters is 1. The molecule has 4 aromatic rings. The number of halogens is 5. The third-order valence-electron chi connectivity index (χ3n) is 9.62. The van der Waals surface area contributed by atoms with E-state index in [-0.39, 0.29) is 24.7 Å². The van der Waals surface area contributed by atoms with Gasteiger partial charge in [-0.15, -0.1) is 0 Å². The van der Waals surface area contributed by atoms with Crippen LogP contribution in [-0.4, -0.2) is 54.8 Å². The predicted molar refractivity (Wildman–Crippen MR) is 179 cm³/mol. The number of guanidine groups is 1. The Kier molecular flexibility index (Phi) is 8.65. The van der Waals surface area contributed by atoms with E-state index < -0.39 is 54.4 Å². The summed E-state index contributed by atoms with van der Waals surface area (Å²) in [4.78, 5) is 33.7. The Hall–Kier alpha value is -5.16. The summed E-state index contributed by atoms with van der Waals surface area (Å²) in [5, 5.41) is 8.29. The largest absolute Gasteiger partial charge is 0.463 e. The Bertz CT molecular complexity index is 2060. The monoisotopic (exact) mass is 721 g/mol. The first-order chi connectivity index (χ1) is 24.3. The topological polar surface area (TPSA) is 121 Å². The highest BCUT2D eigenvalue weighted by atomic mass is 35.5. The number of nitrogens with zero attached hydrogens (tertiary/aromatic N) is 6. The minimum atomic E-state index is -3.07. The molecular formula is C36H32ClF4N7O3. The van der Waals surface area contributed by atoms with Gasteiger partial charge in [-0.05, 0) is 61.9 Å². The first-order valence-corrected chi connectivity index (χ1v) is 16.7. The van der Waals surface area contributed by atoms with Crippen LogP contribution in [-0.2, 0) is 19.9 Å². The second-order valence-electron chi connectivity index (χ2n) is 13.2. The number of alkyl halides is 4. The van der Waals surface area contributed by atoms with Crippen molar-refractivity contribution in [3.05, 3.63) is 89.5 Å². The molecule has 2 fully saturated rings. The maximum atomic E-state index is 14.8. The lowest BCUT2D eigenvalue weighted by molar-refractivity contribution is -0.153. The Morgan fingerprint density at radius 2 is 1.88 bits per heavy atom. The van der Waals surface area contributed by atoms with Crippen LogP contribution in [0.4, 0.5) is 17.6 Å². The molecule has 2 saturated carbocycles. The Labute approximate surface area is 295 Å². The average molecular weight is 722 g/mol. The van der Waals surface area contributed by atoms with Crippen LogP contribution in [0.3, 0.4) is 0 Å². The van der Waals surface area contributed by atoms with Gasteiger partial charge in [-0.3, -0.25) is 14.5 Å². The zero-order chi connectivity index (χ0) is 36.1. The third kappa shape index (κ3) is 6.58. The molecule has 15 heteroatoms. The lowest BCUT2D eigenvalue weighted by atomic mass is 9.88. The number of aliphatic imine (C=N–C) groups is 1. The van der Waals surface area contributed by atoms with Crippen LogP contribution in [0.25, 0.3) is 16.8 Å². The van der Waals surface area contributed by atoms with E-state index in [1.165, 1.54) is 22.0 Å². The molecule has 2 aromatic carbocycles. The van der Waals surface area contributed by atoms with Gasteiger partial charge in [0.1, 0.15) is 6.61 Å². The van der Waals surface area contributed by atoms with Crippen molar-refractivity contribution in [2.45, 2.75) is 63.1 Å². The molecule has 7 rings (SSSR count). The van der Waals surface area contributed by atoms with E-state index in [2.05, 4.69) is 27.0 Å². The van der Waals surface area contributed by atoms with Gasteiger partial charge in [0, 0.05) is 41.1 Å². The summed E-state index contributed by atoms with van der Waals surface area (Å²) in [6.07, 6.45) is 7.40. The van der Waals surface area contributed by atoms with Gasteiger partial charge in [-0.25, -0.2) is 23.1 Å². The number of hydrogen-bond donors (Lipinski definition) is 1. The number of nitrogens with two attached hydrogens (primary N) is 1. The van der Waals surface area contributed by atoms with E-state index in [9.17, 15) is 27.2 Å². The summed E-state index contributed by atoms with van der Waals surface area (Å²) in [5.41, 5.74) is 5.59. The maximum absolute atomic E-state index is 14.8. The number of aromatic nitrogens is 4. The van der Waals surface area contributed by atoms with E-state index in [4.69, 9.17) is 22.1 Å². The van der Waals surface area contributed by atoms with Crippen molar-refractivity contribution >= 4 is 29.4 Å². The molecule has 0 unspecified atom stereocenters. The quantitative estimate of drug-likeness (QED) is 0.105. The molecule has 1 aliphatic heterocycles. The second-order valence-corrected chi connectivity index (χ2v) is 13.6. The molecule has 51 heavy (non-hydrogen) atoms. The van der Waals surface area contributed by atoms with Crippen molar-refractivity contribution in [2.24, 2.45) is 22.1 Å². The standard InChI is InChI=1S/C36H32ClF4N7O3/c1-34(40,41)35(13-14-35)18-30(49)51-21-29(24-7-10-27(37)28(17-24)46-16-2-15-43-46)48-31(50)36(45-33(48)42,12-11-22-3-4-22)26-8-5-23(6-9-26)25-19-44-47(20-25)32(38)39/h2,5-10,15-17,19-20,22,29,32H,3-4,13-14,18,21H2,1H3,(H2,42,45)/t29-,36-/m1/s1. The number of hydrogen-bond acceptors (Lipinski definition) is 7. The number of amides is 1. The fraction of sp³-hybridized carbons (Fsp3) is 0.361. The second kappa shape index (κ2) is 12.9. The fourth-order valence-corrected chi connectivity index (χ4v) is 6.40. The highest BCUT2D eigenvalue weighted by Gasteiger charge is 2.60. The SMILES string of the molecule is CC(F)(F)C1(CC(=O)OC[C@H](c2ccc(Cl)c(-n3cccn3)c2)N2C(=O)[C@@](C#CC3CC3)(c3ccc(-c4cnn(C(F)F)c4)cc3)N=C2N)CC1. The van der Waals surface area contributed by atoms with Crippen LogP contribution in [0.1, 0.15) is 62.7 Å². The third-order valence-corrected chi connectivity index (χ3v) is 9.94. The van der Waals surface area contributed by atoms with Gasteiger partial charge in [-0.2, -0.15) is 19.0 Å². The summed E-state index contributed by atoms with van der Waals surface area (Å²) in [6.45, 7) is -2.44. The zero-order valence-corrected chi connectivity index (χ0v) is 28.0. The Morgan fingerprint density at radius 3 is 2.49 bits per heavy atom. The normalized spacial score (nSPS) is 20.2. The number of carbonyl (C=O) groups excluding carboxylic acids is 2. The van der Waals surface area contributed by atoms with Crippen LogP contribution < -0.4 is 5.73 Å². The highest BCUT2D eigenvalue weighted by molar-refractivity contribution is 6.32. The van der Waals surface area contributed by atoms with Crippen molar-refractivity contribution in [2.75, 3.05) is 6.61 Å². The summed E-state index contributed by atoms with van der Waals surface area (Å²) >= 11 is 6.53. The molecule has 1 amide bonds. The molecule has 2 atom stereocenters. The maximum Gasteiger partial charge on any atom is 0.333 e. The zero-order valence-electron chi connectivity index (χ0n) is 27.3. The van der Waals surface area contributed by atoms with Crippen LogP contribution in [0, 0.1) is 23.2 Å². The van der Waals surface area contributed by atoms with E-state index in [0.717, 1.165) is 19.8 Å². The summed E-state index contributed by atoms with van der Waals surface area (Å²) < 4.78 is 62.7. The van der Waals surface area contributed by atoms with Gasteiger partial charge in [0.05, 0.1) is 29.4 Å². The predicted octanol–water partition coefficient (Wildman–Crippen LogP) is 6.66. The number of ether oxygens (including phenoxy) is 1. The fourth-order valence-electron chi connectivity index (χ4n) is 6.19. The number of carbonyl (C=O) groups is 2. The van der Waals surface area contributed by atoms with Crippen LogP contribution in [0.2, 0.25) is 5.02 Å². The van der Waals surface area contributed by atoms with E-state index >= 15 is 0 Å². The van der Waals surface area contributed by atoms with Crippen LogP contribution in [0.5, 0.6) is 0 Å². The first-order valence-electron chi connectivity index (χ1n) is 16.3. The molecular weight excluding hydrogens is 690 g/mol. The molecule has 3 aliphatic rings. The summed E-state index contributed by atoms with van der Waals surface area (Å²) in [6, 6.07) is 12.1. The van der Waals surface area contributed by atoms with E-state index in [1.54, 1.807) is 60.9 Å². The molecule has 0 spiro atoms. The van der Waals surface area contributed by atoms with Gasteiger partial charge >= 0.3 is 12.5 Å². The minimum absolute atomic E-state index is 0.0793. The molecule has 2 N–H and O–H groups in total. The minimum Gasteiger partial charge on any atom is -0.463 e. The van der Waals surface area contributed by atoms with E-state index in [0.29, 0.717) is 37.6 Å². The van der Waals surface area contributed by atoms with Gasteiger partial charge in [0.25, 0.3) is 11.8 Å². The molecule has 0 bridgehead atoms. The molecule has 3 heterocycles. The lowest BCUT2D eigenvalue weighted by Crippen LogP contribution is -2.46. The van der Waals surface area contributed by atoms with Crippen LogP contribution in [0.15, 0.2) is 78.3 Å². The van der Waals surface area contributed by atoms with Crippen molar-refractivity contribution in [1.29, 1.82) is 0 Å². The summed E-state index contributed by atoms with van der Waals surface area (Å²) in [7, 11) is 0. The van der Waals surface area contributed by atoms with Gasteiger partial charge < -0.3 is 10.5 Å². The molecule has 10 nitrogen and oxygen atoms in total. The van der Waals surface area contributed by atoms with E-state index in [1.807, 2.05) is 0 Å². The number of rotatable bonds is 11. The van der Waals surface area contributed by atoms with Gasteiger partial charge in [0.2, 0.25) is 11.5 Å². The molecule has 2 aliphatic carbocycles. The molecule has 0 radical (unpaired) electrons. The summed E-state index contributed by atoms with van der Waals surface area (Å²) in [5.74, 6) is 1.56. The van der Waals surface area contributed by atoms with Crippen molar-refractivity contribution in [3.63, 3.8) is 0 Å². The first kappa shape index (κ1) is 34.3. The Balaban J connectivity index is 1.25. The van der Waals surface area contributed by atoms with Crippen LogP contribution >= 0.6 is 11.6 Å². The van der Waals surface area contributed by atoms with Crippen molar-refractivity contribution in [3.8, 4) is 28.7 Å². The Morgan fingerprint density at radius 1 is 1.14 bits per heavy atom. The molecule has 2 aromatic heterocycles. The van der Waals surface area contributed by atoms with Crippen molar-refractivity contribution in [1.82, 2.24) is 24.5 Å². The lowest BCUT2D eigenvalue weighted by Gasteiger charge is -2.30. The molecule has 0 saturated heterocycles. The molecule has 264 valence electrons. The van der Waals surface area contributed by atoms with Gasteiger partial charge in [-0.1, -0.05) is 53.8 Å². The van der Waals surface area contributed by atoms with Gasteiger partial charge in [0.15, 0.2) is 0 Å². The smallest absolute Gasteiger partial charge is 0.333 e. The number of benzene rings is 2. The highest BCUT2D eigenvalue weighted by Crippen LogP contribution is 2.59. The van der Waals surface area contributed by atoms with Crippen molar-refractivity contribution < 1.29 is 31.9 Å². The average Bonchev–Trinajstić information content (AvgIpc) is 3.93.